The average Bonchev–Trinajstić information content (AvgIpc) is 2.98. The highest BCUT2D eigenvalue weighted by atomic mass is 35.5. The smallest absolute Gasteiger partial charge is 0.264 e. The van der Waals surface area contributed by atoms with Crippen LogP contribution in [-0.4, -0.2) is 39.4 Å². The zero-order valence-corrected chi connectivity index (χ0v) is 24.1. The van der Waals surface area contributed by atoms with Crippen molar-refractivity contribution < 1.29 is 39.9 Å². The average molecular weight is 639 g/mol. The highest BCUT2D eigenvalue weighted by Gasteiger charge is 2.29. The van der Waals surface area contributed by atoms with E-state index < -0.39 is 62.8 Å². The van der Waals surface area contributed by atoms with Crippen molar-refractivity contribution in [2.75, 3.05) is 24.5 Å². The normalized spacial score (nSPS) is 11.3. The van der Waals surface area contributed by atoms with Gasteiger partial charge in [-0.15, -0.1) is 0 Å². The monoisotopic (exact) mass is 638 g/mol. The second-order valence-electron chi connectivity index (χ2n) is 9.32. The molecule has 0 aromatic heterocycles. The predicted octanol–water partition coefficient (Wildman–Crippen LogP) is 6.97. The fraction of sp³-hybridized carbons (Fsp3) is 0.167. The number of ether oxygens (including phenoxy) is 1. The Morgan fingerprint density at radius 3 is 2.26 bits per heavy atom. The van der Waals surface area contributed by atoms with Crippen molar-refractivity contribution in [2.45, 2.75) is 17.9 Å². The minimum absolute atomic E-state index is 0.00710. The van der Waals surface area contributed by atoms with Crippen LogP contribution in [0.4, 0.5) is 27.6 Å². The topological polar surface area (TPSA) is 66.9 Å². The van der Waals surface area contributed by atoms with Gasteiger partial charge in [0.05, 0.1) is 29.3 Å². The molecule has 1 amide bonds. The zero-order valence-electron chi connectivity index (χ0n) is 22.5. The van der Waals surface area contributed by atoms with Crippen LogP contribution >= 0.6 is 11.6 Å². The number of hydrogen-bond acceptors (Lipinski definition) is 4. The van der Waals surface area contributed by atoms with Gasteiger partial charge in [0, 0.05) is 30.2 Å². The van der Waals surface area contributed by atoms with E-state index in [1.54, 1.807) is 24.3 Å². The lowest BCUT2D eigenvalue weighted by molar-refractivity contribution is 0.0781. The highest BCUT2D eigenvalue weighted by molar-refractivity contribution is 7.92. The Hall–Kier alpha value is -4.16. The van der Waals surface area contributed by atoms with Crippen molar-refractivity contribution in [1.82, 2.24) is 4.90 Å². The first kappa shape index (κ1) is 31.8. The molecule has 0 N–H and O–H groups in total. The van der Waals surface area contributed by atoms with Crippen LogP contribution in [0.3, 0.4) is 0 Å². The molecule has 0 atom stereocenters. The van der Waals surface area contributed by atoms with Crippen LogP contribution in [-0.2, 0) is 16.6 Å². The number of para-hydroxylation sites is 1. The van der Waals surface area contributed by atoms with E-state index in [-0.39, 0.29) is 35.2 Å². The quantitative estimate of drug-likeness (QED) is 0.101. The summed E-state index contributed by atoms with van der Waals surface area (Å²) in [6.07, 6.45) is 0.215. The van der Waals surface area contributed by atoms with Crippen LogP contribution in [0.15, 0.2) is 83.8 Å². The third kappa shape index (κ3) is 7.26. The van der Waals surface area contributed by atoms with Crippen LogP contribution in [0.25, 0.3) is 0 Å². The Labute approximate surface area is 249 Å². The van der Waals surface area contributed by atoms with E-state index in [0.29, 0.717) is 11.6 Å². The van der Waals surface area contributed by atoms with Gasteiger partial charge in [-0.05, 0) is 61.0 Å². The summed E-state index contributed by atoms with van der Waals surface area (Å²) in [5.74, 6) is -7.20. The Balaban J connectivity index is 1.52. The van der Waals surface area contributed by atoms with Gasteiger partial charge in [-0.1, -0.05) is 29.8 Å². The van der Waals surface area contributed by atoms with Crippen molar-refractivity contribution >= 4 is 33.2 Å². The lowest BCUT2D eigenvalue weighted by atomic mass is 10.1. The minimum Gasteiger partial charge on any atom is -0.493 e. The number of hydrogen-bond donors (Lipinski definition) is 0. The van der Waals surface area contributed by atoms with Gasteiger partial charge in [0.15, 0.2) is 17.5 Å². The Bertz CT molecular complexity index is 1740. The fourth-order valence-corrected chi connectivity index (χ4v) is 5.69. The highest BCUT2D eigenvalue weighted by Crippen LogP contribution is 2.32. The van der Waals surface area contributed by atoms with Gasteiger partial charge in [-0.2, -0.15) is 0 Å². The fourth-order valence-electron chi connectivity index (χ4n) is 4.12. The molecule has 0 aliphatic carbocycles. The van der Waals surface area contributed by atoms with Crippen LogP contribution in [0.1, 0.15) is 22.3 Å². The predicted molar refractivity (Wildman–Crippen MR) is 151 cm³/mol. The molecule has 0 unspecified atom stereocenters. The molecule has 6 nitrogen and oxygen atoms in total. The first-order chi connectivity index (χ1) is 20.4. The minimum atomic E-state index is -4.42. The van der Waals surface area contributed by atoms with Gasteiger partial charge in [-0.25, -0.2) is 30.4 Å². The summed E-state index contributed by atoms with van der Waals surface area (Å²) in [6.45, 7) is -0.381. The van der Waals surface area contributed by atoms with Crippen molar-refractivity contribution in [3.63, 3.8) is 0 Å². The van der Waals surface area contributed by atoms with Gasteiger partial charge in [0.1, 0.15) is 17.4 Å². The standard InChI is InChI=1S/C30H24ClF5N2O4S/c1-37(30(39)23-12-14-25(34)29(36)28(23)35)15-4-16-42-27-6-3-2-5-19(27)18-38(26-17-21(32)9-13-24(26)33)43(40,41)22-10-7-20(31)8-11-22/h2-3,5-14,17H,4,15-16,18H2,1H3. The van der Waals surface area contributed by atoms with Crippen molar-refractivity contribution in [1.29, 1.82) is 0 Å². The number of nitrogens with zero attached hydrogens (tertiary/aromatic N) is 2. The van der Waals surface area contributed by atoms with Crippen LogP contribution in [0, 0.1) is 29.1 Å². The molecule has 43 heavy (non-hydrogen) atoms. The molecule has 4 rings (SSSR count). The Morgan fingerprint density at radius 1 is 0.860 bits per heavy atom. The van der Waals surface area contributed by atoms with Gasteiger partial charge in [-0.3, -0.25) is 9.10 Å². The zero-order chi connectivity index (χ0) is 31.3. The van der Waals surface area contributed by atoms with Gasteiger partial charge in [0.25, 0.3) is 15.9 Å². The molecule has 0 saturated carbocycles. The number of halogens is 6. The van der Waals surface area contributed by atoms with Crippen molar-refractivity contribution in [3.05, 3.63) is 124 Å². The summed E-state index contributed by atoms with van der Waals surface area (Å²) in [7, 11) is -3.07. The molecule has 13 heteroatoms. The molecule has 0 saturated heterocycles. The van der Waals surface area contributed by atoms with E-state index >= 15 is 0 Å². The lowest BCUT2D eigenvalue weighted by Gasteiger charge is -2.26. The maximum atomic E-state index is 14.9. The molecule has 0 fully saturated rings. The van der Waals surface area contributed by atoms with E-state index in [4.69, 9.17) is 16.3 Å². The Kier molecular flexibility index (Phi) is 9.92. The van der Waals surface area contributed by atoms with Gasteiger partial charge < -0.3 is 9.64 Å². The summed E-state index contributed by atoms with van der Waals surface area (Å²) in [5, 5.41) is 0.281. The molecule has 0 radical (unpaired) electrons. The van der Waals surface area contributed by atoms with Crippen LogP contribution < -0.4 is 9.04 Å². The SMILES string of the molecule is CN(CCCOc1ccccc1CN(c1cc(F)ccc1F)S(=O)(=O)c1ccc(Cl)cc1)C(=O)c1ccc(F)c(F)c1F. The summed E-state index contributed by atoms with van der Waals surface area (Å²) < 4.78 is 104. The molecule has 4 aromatic rings. The van der Waals surface area contributed by atoms with Crippen LogP contribution in [0.5, 0.6) is 5.75 Å². The molecule has 0 aliphatic rings. The largest absolute Gasteiger partial charge is 0.493 e. The molecule has 0 spiro atoms. The number of benzene rings is 4. The molecular weight excluding hydrogens is 615 g/mol. The first-order valence-corrected chi connectivity index (χ1v) is 14.5. The summed E-state index contributed by atoms with van der Waals surface area (Å²) in [4.78, 5) is 13.4. The maximum absolute atomic E-state index is 14.9. The second-order valence-corrected chi connectivity index (χ2v) is 11.6. The number of rotatable bonds is 11. The third-order valence-corrected chi connectivity index (χ3v) is 8.40. The summed E-state index contributed by atoms with van der Waals surface area (Å²) in [5.41, 5.74) is -0.828. The molecule has 0 aliphatic heterocycles. The molecule has 226 valence electrons. The first-order valence-electron chi connectivity index (χ1n) is 12.7. The number of carbonyl (C=O) groups is 1. The Morgan fingerprint density at radius 2 is 1.53 bits per heavy atom. The number of sulfonamides is 1. The third-order valence-electron chi connectivity index (χ3n) is 6.37. The van der Waals surface area contributed by atoms with E-state index in [0.717, 1.165) is 33.5 Å². The van der Waals surface area contributed by atoms with Crippen molar-refractivity contribution in [3.8, 4) is 5.75 Å². The maximum Gasteiger partial charge on any atom is 0.264 e. The number of anilines is 1. The van der Waals surface area contributed by atoms with Gasteiger partial charge >= 0.3 is 0 Å². The van der Waals surface area contributed by atoms with E-state index in [9.17, 15) is 35.2 Å². The number of carbonyl (C=O) groups excluding carboxylic acids is 1. The molecule has 4 aromatic carbocycles. The molecular formula is C30H24ClF5N2O4S. The molecule has 0 heterocycles. The molecule has 0 bridgehead atoms. The second kappa shape index (κ2) is 13.4. The summed E-state index contributed by atoms with van der Waals surface area (Å²) in [6, 6.07) is 15.5. The van der Waals surface area contributed by atoms with Crippen LogP contribution in [0.2, 0.25) is 5.02 Å². The lowest BCUT2D eigenvalue weighted by Crippen LogP contribution is -2.32. The van der Waals surface area contributed by atoms with E-state index in [1.165, 1.54) is 31.3 Å². The summed E-state index contributed by atoms with van der Waals surface area (Å²) >= 11 is 5.90. The van der Waals surface area contributed by atoms with E-state index in [2.05, 4.69) is 0 Å². The van der Waals surface area contributed by atoms with E-state index in [1.807, 2.05) is 0 Å². The van der Waals surface area contributed by atoms with Crippen molar-refractivity contribution in [2.24, 2.45) is 0 Å². The number of amides is 1. The van der Waals surface area contributed by atoms with Gasteiger partial charge in [0.2, 0.25) is 0 Å².